The van der Waals surface area contributed by atoms with Crippen LogP contribution in [0, 0.1) is 0 Å². The summed E-state index contributed by atoms with van der Waals surface area (Å²) in [6.07, 6.45) is 4.16. The fraction of sp³-hybridized carbons (Fsp3) is 0.773. The van der Waals surface area contributed by atoms with Crippen molar-refractivity contribution in [2.24, 2.45) is 0 Å². The van der Waals surface area contributed by atoms with Gasteiger partial charge in [0.25, 0.3) is 0 Å². The Morgan fingerprint density at radius 1 is 1.14 bits per heavy atom. The van der Waals surface area contributed by atoms with E-state index in [0.29, 0.717) is 11.6 Å². The van der Waals surface area contributed by atoms with Crippen molar-refractivity contribution < 1.29 is 19.1 Å². The number of likely N-dealkylation sites (tertiary alicyclic amines) is 1. The predicted molar refractivity (Wildman–Crippen MR) is 110 cm³/mol. The van der Waals surface area contributed by atoms with Crippen molar-refractivity contribution >= 4 is 11.9 Å². The third-order valence-corrected chi connectivity index (χ3v) is 5.23. The first kappa shape index (κ1) is 21.8. The van der Waals surface area contributed by atoms with Crippen molar-refractivity contribution in [2.45, 2.75) is 90.3 Å². The summed E-state index contributed by atoms with van der Waals surface area (Å²) in [5.74, 6) is -0.108. The molecule has 7 nitrogen and oxygen atoms in total. The molecule has 1 aliphatic heterocycles. The van der Waals surface area contributed by atoms with Gasteiger partial charge in [-0.05, 0) is 79.8 Å². The molecule has 1 saturated heterocycles. The first-order valence-corrected chi connectivity index (χ1v) is 10.7. The molecular weight excluding hydrogens is 370 g/mol. The molecule has 1 aliphatic carbocycles. The lowest BCUT2D eigenvalue weighted by molar-refractivity contribution is -0.156. The second-order valence-electron chi connectivity index (χ2n) is 10.3. The summed E-state index contributed by atoms with van der Waals surface area (Å²) in [5, 5.41) is 4.68. The normalized spacial score (nSPS) is 20.7. The summed E-state index contributed by atoms with van der Waals surface area (Å²) in [7, 11) is 0. The van der Waals surface area contributed by atoms with Gasteiger partial charge in [-0.15, -0.1) is 0 Å². The molecule has 1 unspecified atom stereocenters. The second-order valence-corrected chi connectivity index (χ2v) is 10.3. The van der Waals surface area contributed by atoms with E-state index < -0.39 is 5.60 Å². The van der Waals surface area contributed by atoms with Crippen molar-refractivity contribution in [3.63, 3.8) is 0 Å². The van der Waals surface area contributed by atoms with Crippen molar-refractivity contribution in [2.75, 3.05) is 19.7 Å². The zero-order valence-corrected chi connectivity index (χ0v) is 18.7. The van der Waals surface area contributed by atoms with Crippen molar-refractivity contribution in [1.82, 2.24) is 14.7 Å². The first-order valence-electron chi connectivity index (χ1n) is 10.7. The lowest BCUT2D eigenvalue weighted by Gasteiger charge is -2.26. The average Bonchev–Trinajstić information content (AvgIpc) is 3.16. The molecule has 0 amide bonds. The quantitative estimate of drug-likeness (QED) is 0.675. The van der Waals surface area contributed by atoms with Crippen LogP contribution in [0.5, 0.6) is 0 Å². The summed E-state index contributed by atoms with van der Waals surface area (Å²) < 4.78 is 12.9. The van der Waals surface area contributed by atoms with Gasteiger partial charge in [-0.3, -0.25) is 14.4 Å². The Morgan fingerprint density at radius 3 is 2.41 bits per heavy atom. The number of esters is 2. The van der Waals surface area contributed by atoms with Gasteiger partial charge in [-0.25, -0.2) is 4.79 Å². The number of hydrogen-bond acceptors (Lipinski definition) is 6. The lowest BCUT2D eigenvalue weighted by Crippen LogP contribution is -2.40. The number of carbonyl (C=O) groups excluding carboxylic acids is 2. The summed E-state index contributed by atoms with van der Waals surface area (Å²) in [6, 6.07) is 1.93. The summed E-state index contributed by atoms with van der Waals surface area (Å²) in [6.45, 7) is 13.0. The fourth-order valence-electron chi connectivity index (χ4n) is 3.71. The van der Waals surface area contributed by atoms with Gasteiger partial charge in [-0.2, -0.15) is 5.10 Å². The maximum absolute atomic E-state index is 12.8. The Balaban J connectivity index is 1.61. The molecule has 1 atom stereocenters. The first-order chi connectivity index (χ1) is 13.4. The van der Waals surface area contributed by atoms with Crippen molar-refractivity contribution in [1.29, 1.82) is 0 Å². The summed E-state index contributed by atoms with van der Waals surface area (Å²) >= 11 is 0. The van der Waals surface area contributed by atoms with Crippen LogP contribution in [0.3, 0.4) is 0 Å². The maximum atomic E-state index is 12.8. The fourth-order valence-corrected chi connectivity index (χ4v) is 3.71. The van der Waals surface area contributed by atoms with Crippen LogP contribution in [0.4, 0.5) is 0 Å². The van der Waals surface area contributed by atoms with E-state index in [0.717, 1.165) is 37.9 Å². The van der Waals surface area contributed by atoms with Gasteiger partial charge in [0.15, 0.2) is 0 Å². The Bertz CT molecular complexity index is 753. The Morgan fingerprint density at radius 2 is 1.83 bits per heavy atom. The molecule has 0 spiro atoms. The van der Waals surface area contributed by atoms with E-state index in [9.17, 15) is 9.59 Å². The van der Waals surface area contributed by atoms with Gasteiger partial charge in [0, 0.05) is 12.0 Å². The smallest absolute Gasteiger partial charge is 0.356 e. The zero-order valence-electron chi connectivity index (χ0n) is 18.7. The number of ether oxygens (including phenoxy) is 2. The molecule has 7 heteroatoms. The van der Waals surface area contributed by atoms with E-state index in [1.54, 1.807) is 4.68 Å². The highest BCUT2D eigenvalue weighted by atomic mass is 16.6. The molecule has 1 aromatic heterocycles. The van der Waals surface area contributed by atoms with Crippen LogP contribution in [0.15, 0.2) is 6.07 Å². The van der Waals surface area contributed by atoms with Gasteiger partial charge in [0.2, 0.25) is 0 Å². The number of aromatic nitrogens is 2. The predicted octanol–water partition coefficient (Wildman–Crippen LogP) is 3.48. The highest BCUT2D eigenvalue weighted by Gasteiger charge is 2.33. The van der Waals surface area contributed by atoms with Crippen LogP contribution < -0.4 is 0 Å². The number of hydrogen-bond donors (Lipinski definition) is 0. The van der Waals surface area contributed by atoms with Gasteiger partial charge in [0.1, 0.15) is 17.9 Å². The van der Waals surface area contributed by atoms with Gasteiger partial charge in [0.05, 0.1) is 17.8 Å². The monoisotopic (exact) mass is 405 g/mol. The summed E-state index contributed by atoms with van der Waals surface area (Å²) in [5.41, 5.74) is 0.705. The molecule has 0 N–H and O–H groups in total. The molecule has 2 fully saturated rings. The molecule has 2 aliphatic rings. The van der Waals surface area contributed by atoms with Crippen LogP contribution in [-0.4, -0.2) is 58.0 Å². The maximum Gasteiger partial charge on any atom is 0.356 e. The second kappa shape index (κ2) is 8.09. The Kier molecular flexibility index (Phi) is 6.08. The van der Waals surface area contributed by atoms with E-state index in [1.165, 1.54) is 0 Å². The summed E-state index contributed by atoms with van der Waals surface area (Å²) in [4.78, 5) is 27.1. The highest BCUT2D eigenvalue weighted by molar-refractivity contribution is 5.88. The minimum atomic E-state index is -0.497. The largest absolute Gasteiger partial charge is 0.459 e. The molecule has 162 valence electrons. The minimum Gasteiger partial charge on any atom is -0.459 e. The topological polar surface area (TPSA) is 73.7 Å². The van der Waals surface area contributed by atoms with E-state index >= 15 is 0 Å². The van der Waals surface area contributed by atoms with E-state index in [1.807, 2.05) is 47.6 Å². The van der Waals surface area contributed by atoms with E-state index in [-0.39, 0.29) is 36.7 Å². The molecule has 29 heavy (non-hydrogen) atoms. The third-order valence-electron chi connectivity index (χ3n) is 5.23. The number of nitrogens with zero attached hydrogens (tertiary/aromatic N) is 3. The number of rotatable bonds is 6. The highest BCUT2D eigenvalue weighted by Crippen LogP contribution is 2.40. The molecule has 2 heterocycles. The van der Waals surface area contributed by atoms with Gasteiger partial charge < -0.3 is 9.47 Å². The van der Waals surface area contributed by atoms with Crippen LogP contribution in [0.25, 0.3) is 0 Å². The Labute approximate surface area is 173 Å². The molecule has 0 radical (unpaired) electrons. The molecule has 0 bridgehead atoms. The zero-order chi connectivity index (χ0) is 21.4. The molecular formula is C22H35N3O4. The number of carbonyl (C=O) groups is 2. The lowest BCUT2D eigenvalue weighted by atomic mass is 10.1. The van der Waals surface area contributed by atoms with Crippen LogP contribution in [0.1, 0.15) is 89.3 Å². The van der Waals surface area contributed by atoms with Crippen LogP contribution in [0.2, 0.25) is 0 Å². The van der Waals surface area contributed by atoms with Gasteiger partial charge >= 0.3 is 11.9 Å². The van der Waals surface area contributed by atoms with E-state index in [2.05, 4.69) is 10.00 Å². The molecule has 3 rings (SSSR count). The molecule has 1 saturated carbocycles. The van der Waals surface area contributed by atoms with Gasteiger partial charge in [-0.1, -0.05) is 0 Å². The molecule has 0 aromatic carbocycles. The molecule has 1 aromatic rings. The van der Waals surface area contributed by atoms with Crippen molar-refractivity contribution in [3.8, 4) is 0 Å². The SMILES string of the molecule is CC(C)(C)OC(=O)CN1CCCC1COC(=O)c1cc(C2CC2)nn1C(C)(C)C. The van der Waals surface area contributed by atoms with Crippen LogP contribution >= 0.6 is 0 Å². The standard InChI is InChI=1S/C22H35N3O4/c1-21(2,3)25-18(12-17(23-25)15-9-10-15)20(27)28-14-16-8-7-11-24(16)13-19(26)29-22(4,5)6/h12,15-16H,7-11,13-14H2,1-6H3. The minimum absolute atomic E-state index is 0.0420. The third kappa shape index (κ3) is 5.81. The average molecular weight is 406 g/mol. The van der Waals surface area contributed by atoms with Crippen LogP contribution in [-0.2, 0) is 19.8 Å². The van der Waals surface area contributed by atoms with E-state index in [4.69, 9.17) is 9.47 Å². The van der Waals surface area contributed by atoms with Crippen molar-refractivity contribution in [3.05, 3.63) is 17.5 Å². The Hall–Kier alpha value is -1.89.